The Balaban J connectivity index is 1.14. The van der Waals surface area contributed by atoms with E-state index < -0.39 is 0 Å². The maximum Gasteiger partial charge on any atom is 0.170 e. The average molecular weight is 739 g/mol. The maximum atomic E-state index is 4.73. The highest BCUT2D eigenvalue weighted by Gasteiger charge is 2.23. The van der Waals surface area contributed by atoms with E-state index in [1.54, 1.807) is 0 Å². The molecule has 12 aromatic rings. The van der Waals surface area contributed by atoms with Gasteiger partial charge in [0.15, 0.2) is 11.6 Å². The van der Waals surface area contributed by atoms with Gasteiger partial charge in [-0.15, -0.1) is 10.2 Å². The summed E-state index contributed by atoms with van der Waals surface area (Å²) in [5, 5.41) is 21.9. The lowest BCUT2D eigenvalue weighted by molar-refractivity contribution is 1.03. The number of H-pyrrole nitrogens is 1. The minimum atomic E-state index is 0.780. The molecule has 0 atom stereocenters. The molecule has 0 amide bonds. The van der Waals surface area contributed by atoms with E-state index in [1.165, 1.54) is 76.1 Å². The van der Waals surface area contributed by atoms with Crippen LogP contribution in [0.15, 0.2) is 200 Å². The normalized spacial score (nSPS) is 11.8. The fourth-order valence-electron chi connectivity index (χ4n) is 9.11. The van der Waals surface area contributed by atoms with Crippen molar-refractivity contribution in [2.45, 2.75) is 0 Å². The molecule has 0 aliphatic carbocycles. The highest BCUT2D eigenvalue weighted by Crippen LogP contribution is 2.49. The van der Waals surface area contributed by atoms with Crippen LogP contribution in [0.2, 0.25) is 0 Å². The molecule has 0 radical (unpaired) electrons. The van der Waals surface area contributed by atoms with E-state index in [0.29, 0.717) is 0 Å². The average Bonchev–Trinajstić information content (AvgIpc) is 3.97. The van der Waals surface area contributed by atoms with Gasteiger partial charge in [-0.05, 0) is 118 Å². The number of rotatable bonds is 6. The van der Waals surface area contributed by atoms with E-state index in [-0.39, 0.29) is 0 Å². The fraction of sp³-hybridized carbons (Fsp3) is 0. The lowest BCUT2D eigenvalue weighted by Gasteiger charge is -2.22. The Morgan fingerprint density at radius 2 is 0.828 bits per heavy atom. The number of nitrogens with zero attached hydrogens (tertiary/aromatic N) is 3. The van der Waals surface area contributed by atoms with Crippen LogP contribution in [0.1, 0.15) is 0 Å². The predicted molar refractivity (Wildman–Crippen MR) is 242 cm³/mol. The number of hydrogen-bond donors (Lipinski definition) is 1. The van der Waals surface area contributed by atoms with Crippen LogP contribution in [0.4, 0.5) is 0 Å². The molecule has 0 saturated carbocycles. The van der Waals surface area contributed by atoms with E-state index in [0.717, 1.165) is 39.9 Å². The first-order valence-corrected chi connectivity index (χ1v) is 19.7. The summed E-state index contributed by atoms with van der Waals surface area (Å²) in [5.41, 5.74) is 9.02. The third-order valence-electron chi connectivity index (χ3n) is 11.8. The first-order chi connectivity index (χ1) is 28.7. The summed E-state index contributed by atoms with van der Waals surface area (Å²) in [4.78, 5) is 3.83. The lowest BCUT2D eigenvalue weighted by atomic mass is 9.81. The van der Waals surface area contributed by atoms with Gasteiger partial charge in [0.1, 0.15) is 5.82 Å². The van der Waals surface area contributed by atoms with Gasteiger partial charge in [0, 0.05) is 16.8 Å². The van der Waals surface area contributed by atoms with Gasteiger partial charge < -0.3 is 4.98 Å². The quantitative estimate of drug-likeness (QED) is 0.173. The first kappa shape index (κ1) is 32.4. The maximum absolute atomic E-state index is 4.73. The summed E-state index contributed by atoms with van der Waals surface area (Å²) in [7, 11) is 0. The summed E-state index contributed by atoms with van der Waals surface area (Å²) in [5.74, 6) is 2.46. The second-order valence-corrected chi connectivity index (χ2v) is 15.1. The Kier molecular flexibility index (Phi) is 7.20. The molecule has 4 heteroatoms. The summed E-state index contributed by atoms with van der Waals surface area (Å²) >= 11 is 0. The molecule has 4 nitrogen and oxygen atoms in total. The lowest BCUT2D eigenvalue weighted by Crippen LogP contribution is -2.01. The molecular weight excluding hydrogens is 705 g/mol. The van der Waals surface area contributed by atoms with Crippen molar-refractivity contribution in [2.75, 3.05) is 0 Å². The molecule has 0 spiro atoms. The van der Waals surface area contributed by atoms with Crippen LogP contribution in [0.5, 0.6) is 0 Å². The molecule has 58 heavy (non-hydrogen) atoms. The molecule has 0 aliphatic rings. The summed E-state index contributed by atoms with van der Waals surface area (Å²) in [6.45, 7) is 0. The van der Waals surface area contributed by atoms with Gasteiger partial charge in [0.2, 0.25) is 0 Å². The van der Waals surface area contributed by atoms with E-state index in [2.05, 4.69) is 173 Å². The molecule has 10 aromatic carbocycles. The van der Waals surface area contributed by atoms with Crippen molar-refractivity contribution in [2.24, 2.45) is 0 Å². The van der Waals surface area contributed by atoms with Crippen molar-refractivity contribution in [1.82, 2.24) is 19.7 Å². The standard InChI is InChI=1S/C54H34N4/c1-3-14-37(15-4-1)53-56-57-54(38-16-5-2-6-17-38)58(53)48-29-28-47(55-48)44-32-43-27-24-36-20-11-21-45-49(36)51(43)46(33-44)52(42-26-23-35-13-8-10-19-40(35)31-42)50(45)41-25-22-34-12-7-9-18-39(34)30-41/h1-33,55H. The van der Waals surface area contributed by atoms with Crippen LogP contribution in [0.25, 0.3) is 116 Å². The van der Waals surface area contributed by atoms with Crippen LogP contribution < -0.4 is 0 Å². The number of fused-ring (bicyclic) bond motifs is 2. The SMILES string of the molecule is c1ccc(-c2nnc(-c3ccccc3)n2-c2ccc(-c3cc4ccc5cccc6c(-c7ccc8ccccc8c7)c(-c7ccc8ccccc8c7)c(c3)c4c56)[nH]2)cc1. The van der Waals surface area contributed by atoms with Crippen molar-refractivity contribution < 1.29 is 0 Å². The Morgan fingerprint density at radius 1 is 0.328 bits per heavy atom. The number of aromatic nitrogens is 4. The first-order valence-electron chi connectivity index (χ1n) is 19.7. The second kappa shape index (κ2) is 12.9. The molecule has 0 saturated heterocycles. The van der Waals surface area contributed by atoms with Crippen LogP contribution in [0, 0.1) is 0 Å². The van der Waals surface area contributed by atoms with E-state index in [9.17, 15) is 0 Å². The Morgan fingerprint density at radius 3 is 1.47 bits per heavy atom. The molecule has 0 fully saturated rings. The van der Waals surface area contributed by atoms with Crippen molar-refractivity contribution in [1.29, 1.82) is 0 Å². The van der Waals surface area contributed by atoms with Crippen LogP contribution in [-0.4, -0.2) is 19.7 Å². The predicted octanol–water partition coefficient (Wildman–Crippen LogP) is 14.1. The van der Waals surface area contributed by atoms with Crippen molar-refractivity contribution in [3.63, 3.8) is 0 Å². The molecular formula is C54H34N4. The summed E-state index contributed by atoms with van der Waals surface area (Å²) in [6.07, 6.45) is 0. The fourth-order valence-corrected chi connectivity index (χ4v) is 9.11. The van der Waals surface area contributed by atoms with Gasteiger partial charge in [-0.3, -0.25) is 4.57 Å². The number of aromatic amines is 1. The highest BCUT2D eigenvalue weighted by molar-refractivity contribution is 6.31. The van der Waals surface area contributed by atoms with Gasteiger partial charge in [0.25, 0.3) is 0 Å². The minimum Gasteiger partial charge on any atom is -0.341 e. The van der Waals surface area contributed by atoms with Crippen molar-refractivity contribution in [3.05, 3.63) is 200 Å². The Bertz CT molecular complexity index is 3450. The molecule has 12 rings (SSSR count). The number of hydrogen-bond acceptors (Lipinski definition) is 2. The Hall–Kier alpha value is -7.82. The van der Waals surface area contributed by atoms with E-state index in [4.69, 9.17) is 10.2 Å². The molecule has 2 heterocycles. The smallest absolute Gasteiger partial charge is 0.170 e. The molecule has 0 aliphatic heterocycles. The third-order valence-corrected chi connectivity index (χ3v) is 11.8. The van der Waals surface area contributed by atoms with Crippen molar-refractivity contribution in [3.8, 4) is 62.1 Å². The molecule has 1 N–H and O–H groups in total. The van der Waals surface area contributed by atoms with E-state index in [1.807, 2.05) is 36.4 Å². The van der Waals surface area contributed by atoms with Crippen molar-refractivity contribution >= 4 is 53.9 Å². The summed E-state index contributed by atoms with van der Waals surface area (Å²) < 4.78 is 2.14. The van der Waals surface area contributed by atoms with Gasteiger partial charge >= 0.3 is 0 Å². The second-order valence-electron chi connectivity index (χ2n) is 15.1. The molecule has 270 valence electrons. The Labute approximate surface area is 334 Å². The van der Waals surface area contributed by atoms with Crippen LogP contribution in [0.3, 0.4) is 0 Å². The zero-order valence-corrected chi connectivity index (χ0v) is 31.4. The van der Waals surface area contributed by atoms with Gasteiger partial charge in [-0.25, -0.2) is 0 Å². The zero-order chi connectivity index (χ0) is 38.2. The monoisotopic (exact) mass is 738 g/mol. The van der Waals surface area contributed by atoms with Crippen LogP contribution >= 0.6 is 0 Å². The van der Waals surface area contributed by atoms with Crippen LogP contribution in [-0.2, 0) is 0 Å². The largest absolute Gasteiger partial charge is 0.341 e. The van der Waals surface area contributed by atoms with Gasteiger partial charge in [0.05, 0.1) is 0 Å². The van der Waals surface area contributed by atoms with E-state index >= 15 is 0 Å². The highest BCUT2D eigenvalue weighted by atomic mass is 15.3. The summed E-state index contributed by atoms with van der Waals surface area (Å²) in [6, 6.07) is 72.2. The zero-order valence-electron chi connectivity index (χ0n) is 31.4. The topological polar surface area (TPSA) is 46.5 Å². The number of benzene rings is 10. The van der Waals surface area contributed by atoms with Gasteiger partial charge in [-0.1, -0.05) is 164 Å². The minimum absolute atomic E-state index is 0.780. The van der Waals surface area contributed by atoms with Gasteiger partial charge in [-0.2, -0.15) is 0 Å². The number of nitrogens with one attached hydrogen (secondary N) is 1. The molecule has 2 aromatic heterocycles. The molecule has 0 unspecified atom stereocenters. The third kappa shape index (κ3) is 5.09. The molecule has 0 bridgehead atoms.